The first-order valence-corrected chi connectivity index (χ1v) is 15.6. The monoisotopic (exact) mass is 778 g/mol. The molecule has 3 heterocycles. The molecule has 0 aliphatic rings. The van der Waals surface area contributed by atoms with Gasteiger partial charge in [-0.15, -0.1) is 39.7 Å². The summed E-state index contributed by atoms with van der Waals surface area (Å²) in [6.45, 7) is 16.2. The maximum Gasteiger partial charge on any atom is 0.203 e. The Morgan fingerprint density at radius 1 is 0.786 bits per heavy atom. The molecule has 0 unspecified atom stereocenters. The van der Waals surface area contributed by atoms with Crippen molar-refractivity contribution in [3.8, 4) is 22.8 Å². The Bertz CT molecular complexity index is 1580. The third-order valence-corrected chi connectivity index (χ3v) is 9.55. The number of rotatable bonds is 7. The van der Waals surface area contributed by atoms with E-state index in [9.17, 15) is 9.90 Å². The molecule has 0 saturated heterocycles. The zero-order chi connectivity index (χ0) is 29.8. The van der Waals surface area contributed by atoms with Crippen LogP contribution in [0.15, 0.2) is 54.3 Å². The van der Waals surface area contributed by atoms with Gasteiger partial charge >= 0.3 is 0 Å². The fourth-order valence-corrected chi connectivity index (χ4v) is 6.26. The fourth-order valence-electron chi connectivity index (χ4n) is 3.94. The van der Waals surface area contributed by atoms with E-state index in [2.05, 4.69) is 78.4 Å². The number of carbonyl (C=O) groups excluding carboxylic acids is 1. The van der Waals surface area contributed by atoms with Gasteiger partial charge in [0.05, 0.1) is 5.76 Å². The first-order valence-electron chi connectivity index (χ1n) is 13.9. The van der Waals surface area contributed by atoms with Gasteiger partial charge in [-0.3, -0.25) is 4.79 Å². The number of aliphatic hydroxyl groups is 1. The Kier molecular flexibility index (Phi) is 11.7. The van der Waals surface area contributed by atoms with Crippen LogP contribution in [0.25, 0.3) is 42.9 Å². The van der Waals surface area contributed by atoms with Gasteiger partial charge in [-0.1, -0.05) is 84.5 Å². The summed E-state index contributed by atoms with van der Waals surface area (Å²) in [6.07, 6.45) is 1.31. The van der Waals surface area contributed by atoms with Crippen molar-refractivity contribution in [2.24, 2.45) is 11.8 Å². The summed E-state index contributed by atoms with van der Waals surface area (Å²) in [7, 11) is 0. The quantitative estimate of drug-likeness (QED) is 0.101. The summed E-state index contributed by atoms with van der Waals surface area (Å²) in [4.78, 5) is 13.7. The van der Waals surface area contributed by atoms with Crippen LogP contribution in [0.5, 0.6) is 0 Å². The summed E-state index contributed by atoms with van der Waals surface area (Å²) < 4.78 is 2.32. The first-order chi connectivity index (χ1) is 19.5. The summed E-state index contributed by atoms with van der Waals surface area (Å²) >= 11 is 3.56. The van der Waals surface area contributed by atoms with Gasteiger partial charge in [0.1, 0.15) is 5.82 Å². The number of hydrogen-bond acceptors (Lipinski definition) is 8. The number of thiophene rings is 2. The normalized spacial score (nSPS) is 11.9. The maximum absolute atomic E-state index is 11.0. The van der Waals surface area contributed by atoms with Crippen molar-refractivity contribution in [3.05, 3.63) is 70.1 Å². The van der Waals surface area contributed by atoms with Crippen LogP contribution in [0, 0.1) is 17.9 Å². The van der Waals surface area contributed by atoms with E-state index in [1.165, 1.54) is 31.3 Å². The number of benzene rings is 2. The predicted octanol–water partition coefficient (Wildman–Crippen LogP) is 9.38. The van der Waals surface area contributed by atoms with Crippen LogP contribution in [0.3, 0.4) is 0 Å². The largest absolute Gasteiger partial charge is 0.512 e. The number of hydrogen-bond donors (Lipinski definition) is 1. The number of carbonyl (C=O) groups is 1. The molecule has 0 amide bonds. The predicted molar refractivity (Wildman–Crippen MR) is 172 cm³/mol. The summed E-state index contributed by atoms with van der Waals surface area (Å²) in [6, 6.07) is 18.0. The number of aliphatic hydroxyl groups excluding tert-OH is 1. The van der Waals surface area contributed by atoms with E-state index in [1.54, 1.807) is 22.7 Å². The number of aromatic nitrogens is 4. The van der Waals surface area contributed by atoms with Gasteiger partial charge < -0.3 is 5.11 Å². The van der Waals surface area contributed by atoms with Gasteiger partial charge in [0.25, 0.3) is 0 Å². The van der Waals surface area contributed by atoms with Crippen molar-refractivity contribution in [1.29, 1.82) is 0 Å². The van der Waals surface area contributed by atoms with Crippen LogP contribution in [0.1, 0.15) is 77.0 Å². The summed E-state index contributed by atoms with van der Waals surface area (Å²) in [5, 5.41) is 29.4. The SMILES string of the molecule is CC(C)C(=O)/C=C(\O)C(C)C.CC(C)c1cc2cc[c-]c(-c3nnc(-c4cccc5cc(C(C)C)sc45)nn3)c2s1.[Ir]. The van der Waals surface area contributed by atoms with E-state index in [4.69, 9.17) is 0 Å². The molecule has 223 valence electrons. The van der Waals surface area contributed by atoms with E-state index >= 15 is 0 Å². The van der Waals surface area contributed by atoms with Gasteiger partial charge in [0.2, 0.25) is 5.82 Å². The molecular weight excluding hydrogens is 741 g/mol. The Labute approximate surface area is 269 Å². The van der Waals surface area contributed by atoms with E-state index in [0.717, 1.165) is 15.8 Å². The maximum atomic E-state index is 11.0. The van der Waals surface area contributed by atoms with Crippen molar-refractivity contribution < 1.29 is 30.0 Å². The molecular formula is C33H37IrN4O2S2-. The smallest absolute Gasteiger partial charge is 0.203 e. The number of allylic oxidation sites excluding steroid dienone is 2. The average Bonchev–Trinajstić information content (AvgIpc) is 3.58. The standard InChI is InChI=1S/C24H21N4S2.C9H16O2.Ir/c1-13(2)19-11-15-7-5-9-17(21(15)29-19)23-25-27-24(28-26-23)18-10-6-8-16-12-20(14(3)4)30-22(16)18;1-6(2)8(10)5-9(11)7(3)4;/h5-9,11-14H,1-4H3;5-7,10H,1-4H3;/q-1;;/b;8-5-;. The third kappa shape index (κ3) is 7.75. The van der Waals surface area contributed by atoms with Gasteiger partial charge in [-0.25, -0.2) is 0 Å². The van der Waals surface area contributed by atoms with Crippen LogP contribution in [0.4, 0.5) is 0 Å². The fraction of sp³-hybridized carbons (Fsp3) is 0.364. The van der Waals surface area contributed by atoms with Crippen LogP contribution in [-0.4, -0.2) is 31.3 Å². The Morgan fingerprint density at radius 2 is 1.33 bits per heavy atom. The minimum absolute atomic E-state index is 0. The molecule has 2 aromatic carbocycles. The third-order valence-electron chi connectivity index (χ3n) is 6.59. The Morgan fingerprint density at radius 3 is 1.88 bits per heavy atom. The molecule has 5 rings (SSSR count). The van der Waals surface area contributed by atoms with Crippen LogP contribution >= 0.6 is 22.7 Å². The van der Waals surface area contributed by atoms with Crippen LogP contribution in [0.2, 0.25) is 0 Å². The molecule has 0 saturated carbocycles. The van der Waals surface area contributed by atoms with Crippen molar-refractivity contribution >= 4 is 48.6 Å². The summed E-state index contributed by atoms with van der Waals surface area (Å²) in [5.74, 6) is 2.21. The van der Waals surface area contributed by atoms with Gasteiger partial charge in [0, 0.05) is 53.2 Å². The molecule has 9 heteroatoms. The molecule has 0 spiro atoms. The molecule has 1 N–H and O–H groups in total. The van der Waals surface area contributed by atoms with Gasteiger partial charge in [-0.05, 0) is 38.9 Å². The molecule has 0 bridgehead atoms. The molecule has 6 nitrogen and oxygen atoms in total. The minimum atomic E-state index is -0.0316. The molecule has 0 atom stereocenters. The number of nitrogens with zero attached hydrogens (tertiary/aromatic N) is 4. The van der Waals surface area contributed by atoms with E-state index < -0.39 is 0 Å². The molecule has 5 aromatic rings. The van der Waals surface area contributed by atoms with Crippen molar-refractivity contribution in [1.82, 2.24) is 20.4 Å². The molecule has 0 aliphatic heterocycles. The number of ketones is 1. The second kappa shape index (κ2) is 14.6. The van der Waals surface area contributed by atoms with Crippen molar-refractivity contribution in [2.45, 2.75) is 67.2 Å². The van der Waals surface area contributed by atoms with Gasteiger partial charge in [0.15, 0.2) is 5.78 Å². The molecule has 1 radical (unpaired) electrons. The van der Waals surface area contributed by atoms with Gasteiger partial charge in [-0.2, -0.15) is 21.5 Å². The molecule has 42 heavy (non-hydrogen) atoms. The van der Waals surface area contributed by atoms with Crippen LogP contribution in [-0.2, 0) is 24.9 Å². The van der Waals surface area contributed by atoms with E-state index in [-0.39, 0.29) is 43.5 Å². The van der Waals surface area contributed by atoms with E-state index in [1.807, 2.05) is 45.9 Å². The first kappa shape index (κ1) is 33.7. The van der Waals surface area contributed by atoms with Crippen LogP contribution < -0.4 is 0 Å². The molecule has 0 aliphatic carbocycles. The topological polar surface area (TPSA) is 88.9 Å². The molecule has 3 aromatic heterocycles. The summed E-state index contributed by atoms with van der Waals surface area (Å²) in [5.41, 5.74) is 1.85. The zero-order valence-electron chi connectivity index (χ0n) is 25.2. The Hall–Kier alpha value is -2.84. The van der Waals surface area contributed by atoms with E-state index in [0.29, 0.717) is 23.5 Å². The second-order valence-corrected chi connectivity index (χ2v) is 13.5. The number of fused-ring (bicyclic) bond motifs is 2. The Balaban J connectivity index is 0.000000347. The minimum Gasteiger partial charge on any atom is -0.512 e. The average molecular weight is 778 g/mol. The van der Waals surface area contributed by atoms with Crippen molar-refractivity contribution in [3.63, 3.8) is 0 Å². The molecule has 0 fully saturated rings. The zero-order valence-corrected chi connectivity index (χ0v) is 29.3. The van der Waals surface area contributed by atoms with Crippen molar-refractivity contribution in [2.75, 3.05) is 0 Å². The second-order valence-electron chi connectivity index (χ2n) is 11.3.